The number of aromatic nitrogens is 1. The minimum Gasteiger partial charge on any atom is -0.397 e. The first-order valence-corrected chi connectivity index (χ1v) is 7.19. The number of rotatable bonds is 6. The van der Waals surface area contributed by atoms with Gasteiger partial charge in [0.1, 0.15) is 5.69 Å². The average molecular weight is 278 g/mol. The summed E-state index contributed by atoms with van der Waals surface area (Å²) in [6.45, 7) is 5.89. The van der Waals surface area contributed by atoms with E-state index in [1.807, 2.05) is 24.9 Å². The number of nitrogens with one attached hydrogen (secondary N) is 1. The third kappa shape index (κ3) is 3.76. The molecule has 0 spiro atoms. The predicted molar refractivity (Wildman–Crippen MR) is 81.8 cm³/mol. The highest BCUT2D eigenvalue weighted by atomic mass is 16.1. The molecule has 5 heteroatoms. The first kappa shape index (κ1) is 14.9. The van der Waals surface area contributed by atoms with Crippen LogP contribution in [0, 0.1) is 5.41 Å². The zero-order valence-corrected chi connectivity index (χ0v) is 12.9. The Kier molecular flexibility index (Phi) is 4.09. The molecule has 0 atom stereocenters. The van der Waals surface area contributed by atoms with Crippen LogP contribution in [0.1, 0.15) is 43.2 Å². The third-order valence-electron chi connectivity index (χ3n) is 3.51. The SMILES string of the molecule is CN(C)CC(C)(C)CNC(=O)c1cc(N)cn1C1CC1. The lowest BCUT2D eigenvalue weighted by atomic mass is 9.93. The molecular formula is C15H26N4O. The summed E-state index contributed by atoms with van der Waals surface area (Å²) in [5.41, 5.74) is 7.21. The van der Waals surface area contributed by atoms with Crippen LogP contribution in [-0.2, 0) is 0 Å². The van der Waals surface area contributed by atoms with Gasteiger partial charge in [-0.25, -0.2) is 0 Å². The molecule has 0 radical (unpaired) electrons. The monoisotopic (exact) mass is 278 g/mol. The Hall–Kier alpha value is -1.49. The van der Waals surface area contributed by atoms with Crippen LogP contribution >= 0.6 is 0 Å². The zero-order valence-electron chi connectivity index (χ0n) is 12.9. The molecule has 0 unspecified atom stereocenters. The van der Waals surface area contributed by atoms with Gasteiger partial charge in [0.25, 0.3) is 5.91 Å². The molecule has 0 bridgehead atoms. The van der Waals surface area contributed by atoms with Crippen molar-refractivity contribution in [1.29, 1.82) is 0 Å². The van der Waals surface area contributed by atoms with E-state index in [0.29, 0.717) is 24.0 Å². The molecule has 1 aliphatic carbocycles. The molecule has 3 N–H and O–H groups in total. The van der Waals surface area contributed by atoms with Crippen molar-refractivity contribution >= 4 is 11.6 Å². The molecule has 0 aromatic carbocycles. The molecule has 5 nitrogen and oxygen atoms in total. The molecular weight excluding hydrogens is 252 g/mol. The van der Waals surface area contributed by atoms with Crippen molar-refractivity contribution < 1.29 is 4.79 Å². The minimum absolute atomic E-state index is 0.0274. The van der Waals surface area contributed by atoms with E-state index in [1.54, 1.807) is 6.07 Å². The fourth-order valence-electron chi connectivity index (χ4n) is 2.66. The Morgan fingerprint density at radius 2 is 2.15 bits per heavy atom. The van der Waals surface area contributed by atoms with Gasteiger partial charge in [0.05, 0.1) is 5.69 Å². The summed E-state index contributed by atoms with van der Waals surface area (Å²) in [7, 11) is 4.09. The van der Waals surface area contributed by atoms with E-state index in [1.165, 1.54) is 0 Å². The molecule has 1 aromatic rings. The van der Waals surface area contributed by atoms with Crippen LogP contribution in [0.4, 0.5) is 5.69 Å². The standard InChI is InChI=1S/C15H26N4O/c1-15(2,10-18(3)4)9-17-14(20)13-7-11(16)8-19(13)12-5-6-12/h7-8,12H,5-6,9-10,16H2,1-4H3,(H,17,20). The normalized spacial score (nSPS) is 15.7. The van der Waals surface area contributed by atoms with Gasteiger partial charge in [0, 0.05) is 25.3 Å². The number of carbonyl (C=O) groups excluding carboxylic acids is 1. The lowest BCUT2D eigenvalue weighted by Gasteiger charge is -2.28. The van der Waals surface area contributed by atoms with Gasteiger partial charge < -0.3 is 20.5 Å². The molecule has 2 rings (SSSR count). The highest BCUT2D eigenvalue weighted by Gasteiger charge is 2.28. The summed E-state index contributed by atoms with van der Waals surface area (Å²) in [6, 6.07) is 2.23. The van der Waals surface area contributed by atoms with E-state index in [-0.39, 0.29) is 11.3 Å². The van der Waals surface area contributed by atoms with E-state index >= 15 is 0 Å². The largest absolute Gasteiger partial charge is 0.397 e. The molecule has 1 fully saturated rings. The highest BCUT2D eigenvalue weighted by Crippen LogP contribution is 2.37. The van der Waals surface area contributed by atoms with Gasteiger partial charge in [0.15, 0.2) is 0 Å². The summed E-state index contributed by atoms with van der Waals surface area (Å²) in [5, 5.41) is 3.04. The van der Waals surface area contributed by atoms with Crippen LogP contribution in [0.15, 0.2) is 12.3 Å². The highest BCUT2D eigenvalue weighted by molar-refractivity contribution is 5.93. The minimum atomic E-state index is -0.0274. The number of nitrogens with zero attached hydrogens (tertiary/aromatic N) is 2. The van der Waals surface area contributed by atoms with Crippen LogP contribution in [0.5, 0.6) is 0 Å². The fraction of sp³-hybridized carbons (Fsp3) is 0.667. The zero-order chi connectivity index (χ0) is 14.9. The second kappa shape index (κ2) is 5.48. The van der Waals surface area contributed by atoms with Crippen molar-refractivity contribution in [3.8, 4) is 0 Å². The first-order chi connectivity index (χ1) is 9.28. The van der Waals surface area contributed by atoms with E-state index in [2.05, 4.69) is 24.1 Å². The van der Waals surface area contributed by atoms with Crippen molar-refractivity contribution in [3.63, 3.8) is 0 Å². The third-order valence-corrected chi connectivity index (χ3v) is 3.51. The van der Waals surface area contributed by atoms with Gasteiger partial charge in [-0.3, -0.25) is 4.79 Å². The summed E-state index contributed by atoms with van der Waals surface area (Å²) in [6.07, 6.45) is 4.15. The van der Waals surface area contributed by atoms with E-state index in [4.69, 9.17) is 5.73 Å². The van der Waals surface area contributed by atoms with Gasteiger partial charge in [-0.1, -0.05) is 13.8 Å². The Morgan fingerprint density at radius 1 is 1.50 bits per heavy atom. The van der Waals surface area contributed by atoms with Crippen LogP contribution in [-0.4, -0.2) is 42.6 Å². The number of hydrogen-bond donors (Lipinski definition) is 2. The number of carbonyl (C=O) groups is 1. The molecule has 20 heavy (non-hydrogen) atoms. The summed E-state index contributed by atoms with van der Waals surface area (Å²) < 4.78 is 2.02. The molecule has 1 amide bonds. The lowest BCUT2D eigenvalue weighted by molar-refractivity contribution is 0.0919. The number of amides is 1. The number of hydrogen-bond acceptors (Lipinski definition) is 3. The topological polar surface area (TPSA) is 63.3 Å². The first-order valence-electron chi connectivity index (χ1n) is 7.19. The van der Waals surface area contributed by atoms with E-state index in [9.17, 15) is 4.79 Å². The summed E-state index contributed by atoms with van der Waals surface area (Å²) in [4.78, 5) is 14.5. The second-order valence-electron chi connectivity index (χ2n) is 6.88. The Labute approximate surface area is 121 Å². The van der Waals surface area contributed by atoms with Gasteiger partial charge in [-0.05, 0) is 38.4 Å². The molecule has 0 aliphatic heterocycles. The van der Waals surface area contributed by atoms with Crippen molar-refractivity contribution in [2.24, 2.45) is 5.41 Å². The van der Waals surface area contributed by atoms with Crippen molar-refractivity contribution in [2.75, 3.05) is 32.9 Å². The lowest BCUT2D eigenvalue weighted by Crippen LogP contribution is -2.40. The molecule has 112 valence electrons. The number of anilines is 1. The predicted octanol–water partition coefficient (Wildman–Crippen LogP) is 1.72. The quantitative estimate of drug-likeness (QED) is 0.833. The maximum atomic E-state index is 12.3. The molecule has 1 aromatic heterocycles. The maximum Gasteiger partial charge on any atom is 0.268 e. The smallest absolute Gasteiger partial charge is 0.268 e. The average Bonchev–Trinajstić information content (AvgIpc) is 3.08. The fourth-order valence-corrected chi connectivity index (χ4v) is 2.66. The Balaban J connectivity index is 1.98. The number of nitrogens with two attached hydrogens (primary N) is 1. The van der Waals surface area contributed by atoms with Gasteiger partial charge >= 0.3 is 0 Å². The second-order valence-corrected chi connectivity index (χ2v) is 6.88. The Bertz CT molecular complexity index is 486. The van der Waals surface area contributed by atoms with Crippen LogP contribution in [0.3, 0.4) is 0 Å². The molecule has 1 saturated carbocycles. The number of nitrogen functional groups attached to an aromatic ring is 1. The summed E-state index contributed by atoms with van der Waals surface area (Å²) >= 11 is 0. The van der Waals surface area contributed by atoms with Crippen molar-refractivity contribution in [1.82, 2.24) is 14.8 Å². The van der Waals surface area contributed by atoms with Gasteiger partial charge in [-0.15, -0.1) is 0 Å². The van der Waals surface area contributed by atoms with Gasteiger partial charge in [0.2, 0.25) is 0 Å². The van der Waals surface area contributed by atoms with Crippen LogP contribution in [0.25, 0.3) is 0 Å². The maximum absolute atomic E-state index is 12.3. The van der Waals surface area contributed by atoms with Crippen molar-refractivity contribution in [3.05, 3.63) is 18.0 Å². The van der Waals surface area contributed by atoms with Crippen LogP contribution < -0.4 is 11.1 Å². The van der Waals surface area contributed by atoms with E-state index < -0.39 is 0 Å². The Morgan fingerprint density at radius 3 is 2.70 bits per heavy atom. The molecule has 0 saturated heterocycles. The molecule has 1 heterocycles. The van der Waals surface area contributed by atoms with Crippen LogP contribution in [0.2, 0.25) is 0 Å². The van der Waals surface area contributed by atoms with E-state index in [0.717, 1.165) is 19.4 Å². The van der Waals surface area contributed by atoms with Gasteiger partial charge in [-0.2, -0.15) is 0 Å². The molecule has 1 aliphatic rings. The van der Waals surface area contributed by atoms with Crippen molar-refractivity contribution in [2.45, 2.75) is 32.7 Å². The summed E-state index contributed by atoms with van der Waals surface area (Å²) in [5.74, 6) is -0.0274.